The number of furan rings is 1. The molecule has 146 valence electrons. The van der Waals surface area contributed by atoms with Gasteiger partial charge in [0.2, 0.25) is 10.0 Å². The van der Waals surface area contributed by atoms with Crippen LogP contribution in [0.15, 0.2) is 52.0 Å². The van der Waals surface area contributed by atoms with E-state index in [1.807, 2.05) is 20.8 Å². The summed E-state index contributed by atoms with van der Waals surface area (Å²) in [4.78, 5) is 23.6. The lowest BCUT2D eigenvalue weighted by atomic mass is 10.1. The van der Waals surface area contributed by atoms with Crippen LogP contribution < -0.4 is 10.0 Å². The fourth-order valence-electron chi connectivity index (χ4n) is 2.10. The minimum Gasteiger partial charge on any atom is -0.468 e. The zero-order chi connectivity index (χ0) is 20.1. The van der Waals surface area contributed by atoms with E-state index in [4.69, 9.17) is 9.15 Å². The quantitative estimate of drug-likeness (QED) is 0.693. The second-order valence-electron chi connectivity index (χ2n) is 6.80. The first-order valence-electron chi connectivity index (χ1n) is 8.17. The molecule has 1 aromatic carbocycles. The summed E-state index contributed by atoms with van der Waals surface area (Å²) in [6.45, 7) is 5.03. The maximum atomic E-state index is 12.2. The summed E-state index contributed by atoms with van der Waals surface area (Å²) in [5.41, 5.74) is -0.286. The average molecular weight is 394 g/mol. The van der Waals surface area contributed by atoms with Crippen molar-refractivity contribution in [3.63, 3.8) is 0 Å². The van der Waals surface area contributed by atoms with E-state index in [1.165, 1.54) is 30.5 Å². The van der Waals surface area contributed by atoms with E-state index in [9.17, 15) is 18.0 Å². The number of esters is 1. The molecule has 0 aliphatic carbocycles. The lowest BCUT2D eigenvalue weighted by Gasteiger charge is -2.20. The molecule has 0 saturated carbocycles. The molecular formula is C18H22N2O6S. The number of carbonyl (C=O) groups is 2. The highest BCUT2D eigenvalue weighted by Gasteiger charge is 2.18. The van der Waals surface area contributed by atoms with Crippen LogP contribution in [0.4, 0.5) is 0 Å². The minimum atomic E-state index is -3.75. The molecule has 0 spiro atoms. The number of sulfonamides is 1. The second-order valence-corrected chi connectivity index (χ2v) is 8.57. The Balaban J connectivity index is 1.93. The molecule has 9 heteroatoms. The van der Waals surface area contributed by atoms with Gasteiger partial charge in [0.05, 0.1) is 23.3 Å². The van der Waals surface area contributed by atoms with Gasteiger partial charge < -0.3 is 14.5 Å². The van der Waals surface area contributed by atoms with Crippen molar-refractivity contribution in [2.75, 3.05) is 6.61 Å². The van der Waals surface area contributed by atoms with Crippen molar-refractivity contribution < 1.29 is 27.2 Å². The summed E-state index contributed by atoms with van der Waals surface area (Å²) in [7, 11) is -3.75. The highest BCUT2D eigenvalue weighted by molar-refractivity contribution is 7.89. The van der Waals surface area contributed by atoms with E-state index >= 15 is 0 Å². The van der Waals surface area contributed by atoms with Gasteiger partial charge >= 0.3 is 5.97 Å². The Morgan fingerprint density at radius 1 is 1.11 bits per heavy atom. The monoisotopic (exact) mass is 394 g/mol. The first-order chi connectivity index (χ1) is 12.6. The van der Waals surface area contributed by atoms with Gasteiger partial charge in [-0.25, -0.2) is 17.9 Å². The molecule has 0 saturated heterocycles. The predicted molar refractivity (Wildman–Crippen MR) is 97.4 cm³/mol. The molecule has 2 N–H and O–H groups in total. The van der Waals surface area contributed by atoms with E-state index in [2.05, 4.69) is 10.0 Å². The van der Waals surface area contributed by atoms with Crippen LogP contribution in [-0.2, 0) is 26.1 Å². The van der Waals surface area contributed by atoms with Gasteiger partial charge in [-0.3, -0.25) is 4.79 Å². The molecule has 0 unspecified atom stereocenters. The van der Waals surface area contributed by atoms with Crippen molar-refractivity contribution in [2.24, 2.45) is 0 Å². The van der Waals surface area contributed by atoms with Crippen LogP contribution in [0.25, 0.3) is 0 Å². The Hall–Kier alpha value is -2.65. The number of nitrogens with one attached hydrogen (secondary N) is 2. The van der Waals surface area contributed by atoms with Gasteiger partial charge in [-0.15, -0.1) is 0 Å². The highest BCUT2D eigenvalue weighted by atomic mass is 32.2. The van der Waals surface area contributed by atoms with Gasteiger partial charge in [0.25, 0.3) is 5.91 Å². The molecule has 8 nitrogen and oxygen atoms in total. The largest absolute Gasteiger partial charge is 0.468 e. The number of carbonyl (C=O) groups excluding carboxylic acids is 2. The number of rotatable bonds is 7. The summed E-state index contributed by atoms with van der Waals surface area (Å²) in [5.74, 6) is -0.656. The van der Waals surface area contributed by atoms with Crippen molar-refractivity contribution >= 4 is 21.9 Å². The van der Waals surface area contributed by atoms with Gasteiger partial charge in [0.15, 0.2) is 6.61 Å². The molecule has 0 radical (unpaired) electrons. The third kappa shape index (κ3) is 6.54. The third-order valence-electron chi connectivity index (χ3n) is 3.27. The Bertz CT molecular complexity index is 881. The molecule has 0 atom stereocenters. The van der Waals surface area contributed by atoms with Crippen molar-refractivity contribution in [1.82, 2.24) is 10.0 Å². The fraction of sp³-hybridized carbons (Fsp3) is 0.333. The Kier molecular flexibility index (Phi) is 6.40. The minimum absolute atomic E-state index is 0.00363. The molecule has 1 heterocycles. The number of amides is 1. The van der Waals surface area contributed by atoms with Crippen molar-refractivity contribution in [3.05, 3.63) is 54.0 Å². The standard InChI is InChI=1S/C18H22N2O6S/c1-18(2,3)20-16(21)12-26-17(22)13-6-8-15(9-7-13)27(23,24)19-11-14-5-4-10-25-14/h4-10,19H,11-12H2,1-3H3,(H,20,21). The maximum absolute atomic E-state index is 12.2. The van der Waals surface area contributed by atoms with Gasteiger partial charge in [-0.1, -0.05) is 0 Å². The molecule has 0 bridgehead atoms. The summed E-state index contributed by atoms with van der Waals surface area (Å²) in [6.07, 6.45) is 1.45. The molecule has 0 fully saturated rings. The summed E-state index contributed by atoms with van der Waals surface area (Å²) < 4.78 is 36.9. The Labute approximate surface area is 157 Å². The average Bonchev–Trinajstić information content (AvgIpc) is 3.10. The normalized spacial score (nSPS) is 11.8. The smallest absolute Gasteiger partial charge is 0.338 e. The van der Waals surface area contributed by atoms with E-state index in [0.29, 0.717) is 5.76 Å². The van der Waals surface area contributed by atoms with Gasteiger partial charge in [-0.2, -0.15) is 0 Å². The third-order valence-corrected chi connectivity index (χ3v) is 4.68. The summed E-state index contributed by atoms with van der Waals surface area (Å²) in [5, 5.41) is 2.67. The first kappa shape index (κ1) is 20.7. The summed E-state index contributed by atoms with van der Waals surface area (Å²) >= 11 is 0. The first-order valence-corrected chi connectivity index (χ1v) is 9.65. The molecule has 0 aliphatic rings. The van der Waals surface area contributed by atoms with E-state index in [0.717, 1.165) is 0 Å². The Morgan fingerprint density at radius 3 is 2.33 bits per heavy atom. The molecular weight excluding hydrogens is 372 g/mol. The SMILES string of the molecule is CC(C)(C)NC(=O)COC(=O)c1ccc(S(=O)(=O)NCc2ccco2)cc1. The zero-order valence-electron chi connectivity index (χ0n) is 15.3. The second kappa shape index (κ2) is 8.36. The van der Waals surface area contributed by atoms with Crippen LogP contribution in [0.1, 0.15) is 36.9 Å². The van der Waals surface area contributed by atoms with Crippen LogP contribution in [-0.4, -0.2) is 32.4 Å². The maximum Gasteiger partial charge on any atom is 0.338 e. The van der Waals surface area contributed by atoms with Gasteiger partial charge in [0, 0.05) is 5.54 Å². The Morgan fingerprint density at radius 2 is 1.78 bits per heavy atom. The summed E-state index contributed by atoms with van der Waals surface area (Å²) in [6, 6.07) is 8.53. The number of ether oxygens (including phenoxy) is 1. The van der Waals surface area contributed by atoms with E-state index in [1.54, 1.807) is 12.1 Å². The van der Waals surface area contributed by atoms with Crippen LogP contribution in [0.3, 0.4) is 0 Å². The zero-order valence-corrected chi connectivity index (χ0v) is 16.1. The van der Waals surface area contributed by atoms with Crippen molar-refractivity contribution in [3.8, 4) is 0 Å². The van der Waals surface area contributed by atoms with Gasteiger partial charge in [-0.05, 0) is 57.2 Å². The van der Waals surface area contributed by atoms with Crippen LogP contribution in [0, 0.1) is 0 Å². The highest BCUT2D eigenvalue weighted by Crippen LogP contribution is 2.12. The molecule has 0 aliphatic heterocycles. The molecule has 1 aromatic heterocycles. The van der Waals surface area contributed by atoms with Crippen molar-refractivity contribution in [1.29, 1.82) is 0 Å². The topological polar surface area (TPSA) is 115 Å². The molecule has 27 heavy (non-hydrogen) atoms. The van der Waals surface area contributed by atoms with Gasteiger partial charge in [0.1, 0.15) is 5.76 Å². The van der Waals surface area contributed by atoms with Crippen LogP contribution in [0.2, 0.25) is 0 Å². The number of hydrogen-bond acceptors (Lipinski definition) is 6. The molecule has 2 rings (SSSR count). The van der Waals surface area contributed by atoms with Crippen LogP contribution in [0.5, 0.6) is 0 Å². The number of benzene rings is 1. The number of hydrogen-bond donors (Lipinski definition) is 2. The van der Waals surface area contributed by atoms with Crippen LogP contribution >= 0.6 is 0 Å². The lowest BCUT2D eigenvalue weighted by molar-refractivity contribution is -0.125. The van der Waals surface area contributed by atoms with E-state index < -0.39 is 34.0 Å². The molecule has 2 aromatic rings. The van der Waals surface area contributed by atoms with E-state index in [-0.39, 0.29) is 17.0 Å². The molecule has 1 amide bonds. The lowest BCUT2D eigenvalue weighted by Crippen LogP contribution is -2.42. The fourth-order valence-corrected chi connectivity index (χ4v) is 3.09. The van der Waals surface area contributed by atoms with Crippen molar-refractivity contribution in [2.45, 2.75) is 37.8 Å². The predicted octanol–water partition coefficient (Wildman–Crippen LogP) is 1.83.